The summed E-state index contributed by atoms with van der Waals surface area (Å²) < 4.78 is 0. The number of amides is 1. The fraction of sp³-hybridized carbons (Fsp3) is 0.462. The Morgan fingerprint density at radius 3 is 2.84 bits per heavy atom. The summed E-state index contributed by atoms with van der Waals surface area (Å²) in [4.78, 5) is 16.1. The van der Waals surface area contributed by atoms with Crippen molar-refractivity contribution in [3.63, 3.8) is 0 Å². The van der Waals surface area contributed by atoms with Gasteiger partial charge in [0, 0.05) is 30.3 Å². The molecule has 1 heterocycles. The number of thiocarbonyl (C=S) groups is 1. The van der Waals surface area contributed by atoms with Crippen LogP contribution >= 0.6 is 12.2 Å². The summed E-state index contributed by atoms with van der Waals surface area (Å²) in [5.74, 6) is 1.13. The lowest BCUT2D eigenvalue weighted by Crippen LogP contribution is -2.30. The Morgan fingerprint density at radius 2 is 2.21 bits per heavy atom. The number of aryl methyl sites for hydroxylation is 1. The van der Waals surface area contributed by atoms with Crippen LogP contribution in [0.5, 0.6) is 0 Å². The molecule has 5 nitrogen and oxygen atoms in total. The molecule has 2 rings (SSSR count). The molecule has 0 saturated heterocycles. The normalized spacial score (nSPS) is 13.9. The average molecular weight is 278 g/mol. The first-order valence-electron chi connectivity index (χ1n) is 6.36. The number of hydrogen-bond acceptors (Lipinski definition) is 4. The van der Waals surface area contributed by atoms with Gasteiger partial charge < -0.3 is 16.4 Å². The lowest BCUT2D eigenvalue weighted by molar-refractivity contribution is -0.122. The third-order valence-electron chi connectivity index (χ3n) is 2.92. The van der Waals surface area contributed by atoms with Crippen LogP contribution in [0.15, 0.2) is 12.1 Å². The highest BCUT2D eigenvalue weighted by molar-refractivity contribution is 7.80. The number of rotatable bonds is 6. The van der Waals surface area contributed by atoms with E-state index in [2.05, 4.69) is 15.6 Å². The predicted molar refractivity (Wildman–Crippen MR) is 79.1 cm³/mol. The van der Waals surface area contributed by atoms with Crippen LogP contribution < -0.4 is 16.4 Å². The third kappa shape index (κ3) is 4.17. The number of nitrogens with two attached hydrogens (primary N) is 1. The van der Waals surface area contributed by atoms with Gasteiger partial charge in [-0.2, -0.15) is 0 Å². The molecule has 1 amide bonds. The molecule has 0 aliphatic heterocycles. The van der Waals surface area contributed by atoms with Crippen molar-refractivity contribution in [2.75, 3.05) is 18.4 Å². The molecule has 1 aromatic heterocycles. The van der Waals surface area contributed by atoms with Gasteiger partial charge in [0.2, 0.25) is 5.91 Å². The highest BCUT2D eigenvalue weighted by Gasteiger charge is 2.28. The first-order valence-corrected chi connectivity index (χ1v) is 6.77. The Labute approximate surface area is 118 Å². The molecule has 0 atom stereocenters. The average Bonchev–Trinajstić information content (AvgIpc) is 3.17. The summed E-state index contributed by atoms with van der Waals surface area (Å²) in [6.45, 7) is 3.11. The summed E-state index contributed by atoms with van der Waals surface area (Å²) in [5.41, 5.74) is 7.26. The van der Waals surface area contributed by atoms with E-state index in [1.807, 2.05) is 19.1 Å². The molecular formula is C13H18N4OS. The Bertz CT molecular complexity index is 499. The van der Waals surface area contributed by atoms with Crippen molar-refractivity contribution < 1.29 is 4.79 Å². The SMILES string of the molecule is Cc1cc(C(N)=S)cc(NCCNC(=O)C2CC2)n1. The smallest absolute Gasteiger partial charge is 0.223 e. The van der Waals surface area contributed by atoms with E-state index in [0.29, 0.717) is 18.1 Å². The monoisotopic (exact) mass is 278 g/mol. The minimum Gasteiger partial charge on any atom is -0.389 e. The van der Waals surface area contributed by atoms with Crippen molar-refractivity contribution in [3.05, 3.63) is 23.4 Å². The molecule has 1 fully saturated rings. The second kappa shape index (κ2) is 5.97. The maximum atomic E-state index is 11.4. The molecule has 0 aromatic carbocycles. The van der Waals surface area contributed by atoms with Gasteiger partial charge in [-0.25, -0.2) is 4.98 Å². The van der Waals surface area contributed by atoms with Crippen molar-refractivity contribution in [1.29, 1.82) is 0 Å². The first-order chi connectivity index (χ1) is 9.06. The summed E-state index contributed by atoms with van der Waals surface area (Å²) >= 11 is 4.95. The van der Waals surface area contributed by atoms with Gasteiger partial charge >= 0.3 is 0 Å². The van der Waals surface area contributed by atoms with E-state index in [1.165, 1.54) is 0 Å². The van der Waals surface area contributed by atoms with E-state index < -0.39 is 0 Å². The minimum atomic E-state index is 0.155. The number of nitrogens with zero attached hydrogens (tertiary/aromatic N) is 1. The zero-order valence-electron chi connectivity index (χ0n) is 10.9. The van der Waals surface area contributed by atoms with Crippen LogP contribution in [-0.2, 0) is 4.79 Å². The van der Waals surface area contributed by atoms with Crippen molar-refractivity contribution >= 4 is 28.9 Å². The predicted octanol–water partition coefficient (Wildman–Crippen LogP) is 0.962. The molecule has 4 N–H and O–H groups in total. The fourth-order valence-electron chi connectivity index (χ4n) is 1.77. The van der Waals surface area contributed by atoms with E-state index in [1.54, 1.807) is 0 Å². The van der Waals surface area contributed by atoms with Crippen LogP contribution in [0.25, 0.3) is 0 Å². The second-order valence-electron chi connectivity index (χ2n) is 4.74. The van der Waals surface area contributed by atoms with Crippen LogP contribution in [0.4, 0.5) is 5.82 Å². The zero-order chi connectivity index (χ0) is 13.8. The van der Waals surface area contributed by atoms with Crippen LogP contribution in [0.3, 0.4) is 0 Å². The summed E-state index contributed by atoms with van der Waals surface area (Å²) in [7, 11) is 0. The second-order valence-corrected chi connectivity index (χ2v) is 5.18. The number of aromatic nitrogens is 1. The molecule has 0 bridgehead atoms. The number of carbonyl (C=O) groups is 1. The quantitative estimate of drug-likeness (QED) is 0.533. The fourth-order valence-corrected chi connectivity index (χ4v) is 1.89. The topological polar surface area (TPSA) is 80.0 Å². The van der Waals surface area contributed by atoms with E-state index in [4.69, 9.17) is 18.0 Å². The highest BCUT2D eigenvalue weighted by Crippen LogP contribution is 2.28. The summed E-state index contributed by atoms with van der Waals surface area (Å²) in [6.07, 6.45) is 2.05. The molecular weight excluding hydrogens is 260 g/mol. The summed E-state index contributed by atoms with van der Waals surface area (Å²) in [6, 6.07) is 3.67. The molecule has 1 aliphatic carbocycles. The van der Waals surface area contributed by atoms with Crippen LogP contribution in [0.2, 0.25) is 0 Å². The van der Waals surface area contributed by atoms with Gasteiger partial charge in [-0.1, -0.05) is 12.2 Å². The van der Waals surface area contributed by atoms with Gasteiger partial charge in [-0.05, 0) is 31.9 Å². The molecule has 0 unspecified atom stereocenters. The van der Waals surface area contributed by atoms with E-state index in [9.17, 15) is 4.79 Å². The van der Waals surface area contributed by atoms with Gasteiger partial charge in [0.25, 0.3) is 0 Å². The van der Waals surface area contributed by atoms with Gasteiger partial charge in [0.15, 0.2) is 0 Å². The standard InChI is InChI=1S/C13H18N4OS/c1-8-6-10(12(14)19)7-11(17-8)15-4-5-16-13(18)9-2-3-9/h6-7,9H,2-5H2,1H3,(H2,14,19)(H,15,17)(H,16,18). The molecule has 1 saturated carbocycles. The van der Waals surface area contributed by atoms with Crippen molar-refractivity contribution in [1.82, 2.24) is 10.3 Å². The van der Waals surface area contributed by atoms with Crippen molar-refractivity contribution in [2.45, 2.75) is 19.8 Å². The van der Waals surface area contributed by atoms with Gasteiger partial charge in [-0.3, -0.25) is 4.79 Å². The minimum absolute atomic E-state index is 0.155. The number of pyridine rings is 1. The molecule has 1 aliphatic rings. The van der Waals surface area contributed by atoms with Gasteiger partial charge in [-0.15, -0.1) is 0 Å². The number of hydrogen-bond donors (Lipinski definition) is 3. The Morgan fingerprint density at radius 1 is 1.47 bits per heavy atom. The Hall–Kier alpha value is -1.69. The first kappa shape index (κ1) is 13.7. The molecule has 0 radical (unpaired) electrons. The van der Waals surface area contributed by atoms with E-state index in [-0.39, 0.29) is 11.8 Å². The van der Waals surface area contributed by atoms with E-state index >= 15 is 0 Å². The highest BCUT2D eigenvalue weighted by atomic mass is 32.1. The van der Waals surface area contributed by atoms with Crippen LogP contribution in [-0.4, -0.2) is 29.0 Å². The van der Waals surface area contributed by atoms with Gasteiger partial charge in [0.05, 0.1) is 0 Å². The maximum Gasteiger partial charge on any atom is 0.223 e. The number of carbonyl (C=O) groups excluding carboxylic acids is 1. The molecule has 1 aromatic rings. The van der Waals surface area contributed by atoms with Crippen LogP contribution in [0, 0.1) is 12.8 Å². The largest absolute Gasteiger partial charge is 0.389 e. The van der Waals surface area contributed by atoms with E-state index in [0.717, 1.165) is 29.9 Å². The lowest BCUT2D eigenvalue weighted by Gasteiger charge is -2.09. The number of anilines is 1. The summed E-state index contributed by atoms with van der Waals surface area (Å²) in [5, 5.41) is 6.04. The molecule has 0 spiro atoms. The Kier molecular flexibility index (Phi) is 4.31. The number of nitrogens with one attached hydrogen (secondary N) is 2. The molecule has 19 heavy (non-hydrogen) atoms. The third-order valence-corrected chi connectivity index (χ3v) is 3.15. The maximum absolute atomic E-state index is 11.4. The van der Waals surface area contributed by atoms with Gasteiger partial charge in [0.1, 0.15) is 10.8 Å². The zero-order valence-corrected chi connectivity index (χ0v) is 11.7. The van der Waals surface area contributed by atoms with Crippen molar-refractivity contribution in [3.8, 4) is 0 Å². The molecule has 102 valence electrons. The van der Waals surface area contributed by atoms with Crippen LogP contribution in [0.1, 0.15) is 24.1 Å². The lowest BCUT2D eigenvalue weighted by atomic mass is 10.2. The molecule has 6 heteroatoms. The van der Waals surface area contributed by atoms with Crippen molar-refractivity contribution in [2.24, 2.45) is 11.7 Å². The Balaban J connectivity index is 1.81.